The summed E-state index contributed by atoms with van der Waals surface area (Å²) in [6.45, 7) is 14.9. The molecule has 5 N–H and O–H groups in total. The Morgan fingerprint density at radius 3 is 2.51 bits per heavy atom. The Labute approximate surface area is 209 Å². The fourth-order valence-corrected chi connectivity index (χ4v) is 4.52. The van der Waals surface area contributed by atoms with Gasteiger partial charge in [0.2, 0.25) is 14.2 Å². The van der Waals surface area contributed by atoms with Crippen LogP contribution in [0, 0.1) is 5.92 Å². The number of nitrogens with one attached hydrogen (secondary N) is 2. The van der Waals surface area contributed by atoms with Crippen molar-refractivity contribution in [2.24, 2.45) is 11.7 Å². The van der Waals surface area contributed by atoms with Gasteiger partial charge in [0.25, 0.3) is 5.91 Å². The zero-order valence-corrected chi connectivity index (χ0v) is 23.1. The Balaban J connectivity index is 2.28. The minimum atomic E-state index is -2.06. The first-order chi connectivity index (χ1) is 16.1. The van der Waals surface area contributed by atoms with E-state index in [2.05, 4.69) is 44.6 Å². The van der Waals surface area contributed by atoms with Crippen molar-refractivity contribution in [1.82, 2.24) is 15.8 Å². The molecule has 2 rings (SSSR count). The lowest BCUT2D eigenvalue weighted by Crippen LogP contribution is -2.61. The molecule has 0 bridgehead atoms. The Morgan fingerprint density at radius 2 is 1.94 bits per heavy atom. The minimum absolute atomic E-state index is 0.0308. The van der Waals surface area contributed by atoms with Crippen molar-refractivity contribution < 1.29 is 23.9 Å². The first kappa shape index (κ1) is 28.8. The third kappa shape index (κ3) is 7.78. The second-order valence-corrected chi connectivity index (χ2v) is 15.9. The Morgan fingerprint density at radius 1 is 1.29 bits per heavy atom. The highest BCUT2D eigenvalue weighted by molar-refractivity contribution is 6.74. The molecule has 1 aliphatic rings. The van der Waals surface area contributed by atoms with Gasteiger partial charge in [0.1, 0.15) is 17.8 Å². The highest BCUT2D eigenvalue weighted by Crippen LogP contribution is 2.37. The summed E-state index contributed by atoms with van der Waals surface area (Å²) >= 11 is 0. The number of benzene rings is 1. The summed E-state index contributed by atoms with van der Waals surface area (Å²) < 4.78 is 6.42. The molecule has 1 aromatic carbocycles. The number of carboxylic acids is 1. The maximum Gasteiger partial charge on any atom is 0.322 e. The first-order valence-corrected chi connectivity index (χ1v) is 15.2. The van der Waals surface area contributed by atoms with Crippen LogP contribution in [-0.2, 0) is 20.8 Å². The summed E-state index contributed by atoms with van der Waals surface area (Å²) in [5.74, 6) is -1.20. The Kier molecular flexibility index (Phi) is 9.49. The van der Waals surface area contributed by atoms with Crippen LogP contribution in [-0.4, -0.2) is 60.9 Å². The number of hydrogen-bond donors (Lipinski definition) is 4. The van der Waals surface area contributed by atoms with Crippen LogP contribution in [0.5, 0.6) is 5.75 Å². The van der Waals surface area contributed by atoms with Gasteiger partial charge in [-0.15, -0.1) is 0 Å². The molecule has 1 aromatic rings. The lowest BCUT2D eigenvalue weighted by molar-refractivity contribution is -0.148. The van der Waals surface area contributed by atoms with Crippen LogP contribution in [0.15, 0.2) is 24.3 Å². The van der Waals surface area contributed by atoms with Gasteiger partial charge < -0.3 is 20.6 Å². The van der Waals surface area contributed by atoms with Crippen molar-refractivity contribution in [3.05, 3.63) is 29.8 Å². The van der Waals surface area contributed by atoms with Crippen LogP contribution in [0.3, 0.4) is 0 Å². The summed E-state index contributed by atoms with van der Waals surface area (Å²) in [5, 5.41) is 13.5. The highest BCUT2D eigenvalue weighted by atomic mass is 28.4. The van der Waals surface area contributed by atoms with E-state index >= 15 is 0 Å². The fraction of sp³-hybridized carbons (Fsp3) is 0.640. The van der Waals surface area contributed by atoms with Gasteiger partial charge >= 0.3 is 5.97 Å². The van der Waals surface area contributed by atoms with Crippen LogP contribution >= 0.6 is 0 Å². The number of rotatable bonds is 9. The van der Waals surface area contributed by atoms with E-state index in [4.69, 9.17) is 10.2 Å². The predicted octanol–water partition coefficient (Wildman–Crippen LogP) is 2.66. The molecular weight excluding hydrogens is 464 g/mol. The lowest BCUT2D eigenvalue weighted by atomic mass is 10.0. The van der Waals surface area contributed by atoms with E-state index in [1.165, 1.54) is 5.01 Å². The number of hydrazine groups is 1. The first-order valence-electron chi connectivity index (χ1n) is 12.3. The molecule has 0 aliphatic carbocycles. The van der Waals surface area contributed by atoms with Gasteiger partial charge in [-0.2, -0.15) is 0 Å². The maximum absolute atomic E-state index is 13.4. The van der Waals surface area contributed by atoms with Crippen molar-refractivity contribution in [3.8, 4) is 5.75 Å². The molecule has 3 atom stereocenters. The molecule has 35 heavy (non-hydrogen) atoms. The van der Waals surface area contributed by atoms with E-state index in [1.807, 2.05) is 38.1 Å². The highest BCUT2D eigenvalue weighted by Gasteiger charge is 2.39. The van der Waals surface area contributed by atoms with E-state index < -0.39 is 44.2 Å². The van der Waals surface area contributed by atoms with E-state index in [0.29, 0.717) is 19.4 Å². The van der Waals surface area contributed by atoms with Crippen molar-refractivity contribution in [2.45, 2.75) is 90.1 Å². The van der Waals surface area contributed by atoms with Crippen LogP contribution in [0.25, 0.3) is 0 Å². The van der Waals surface area contributed by atoms with E-state index in [0.717, 1.165) is 11.3 Å². The van der Waals surface area contributed by atoms with E-state index in [9.17, 15) is 19.5 Å². The summed E-state index contributed by atoms with van der Waals surface area (Å²) in [6, 6.07) is 5.05. The standard InChI is InChI=1S/C25H42N4O5Si/c1-16(2)21(26)22(30)27-20(23(31)29-13-9-12-19(28-29)24(32)33)15-17-10-8-11-18(14-17)34-35(6,7)25(3,4)5/h8,10-11,14,16,19-21,28H,9,12-13,15,26H2,1-7H3,(H,27,30)(H,32,33). The molecule has 1 heterocycles. The molecule has 2 amide bonds. The smallest absolute Gasteiger partial charge is 0.322 e. The molecule has 0 saturated carbocycles. The second kappa shape index (κ2) is 11.5. The van der Waals surface area contributed by atoms with Crippen LogP contribution < -0.4 is 20.9 Å². The average Bonchev–Trinajstić information content (AvgIpc) is 2.76. The third-order valence-electron chi connectivity index (χ3n) is 6.90. The molecule has 1 saturated heterocycles. The Bertz CT molecular complexity index is 915. The average molecular weight is 507 g/mol. The van der Waals surface area contributed by atoms with Gasteiger partial charge in [-0.25, -0.2) is 5.43 Å². The predicted molar refractivity (Wildman–Crippen MR) is 138 cm³/mol. The van der Waals surface area contributed by atoms with Crippen molar-refractivity contribution in [1.29, 1.82) is 0 Å². The molecule has 0 radical (unpaired) electrons. The zero-order valence-electron chi connectivity index (χ0n) is 22.1. The molecule has 0 aromatic heterocycles. The Hall–Kier alpha value is -2.43. The van der Waals surface area contributed by atoms with Crippen LogP contribution in [0.1, 0.15) is 53.0 Å². The zero-order chi connectivity index (χ0) is 26.6. The van der Waals surface area contributed by atoms with Gasteiger partial charge in [-0.3, -0.25) is 19.4 Å². The number of aliphatic carboxylic acids is 1. The number of hydrogen-bond acceptors (Lipinski definition) is 6. The largest absolute Gasteiger partial charge is 0.543 e. The second-order valence-electron chi connectivity index (χ2n) is 11.2. The third-order valence-corrected chi connectivity index (χ3v) is 11.3. The number of carboxylic acid groups (broad SMARTS) is 1. The van der Waals surface area contributed by atoms with Crippen LogP contribution in [0.4, 0.5) is 0 Å². The molecule has 0 spiro atoms. The molecule has 9 nitrogen and oxygen atoms in total. The number of carbonyl (C=O) groups is 3. The number of amides is 2. The van der Waals surface area contributed by atoms with E-state index in [1.54, 1.807) is 0 Å². The quantitative estimate of drug-likeness (QED) is 0.378. The molecule has 10 heteroatoms. The summed E-state index contributed by atoms with van der Waals surface area (Å²) in [4.78, 5) is 37.7. The van der Waals surface area contributed by atoms with Gasteiger partial charge in [0.15, 0.2) is 0 Å². The summed E-state index contributed by atoms with van der Waals surface area (Å²) in [6.07, 6.45) is 1.21. The SMILES string of the molecule is CC(C)C(N)C(=O)NC(Cc1cccc(O[Si](C)(C)C(C)(C)C)c1)C(=O)N1CCCC(C(=O)O)N1. The molecule has 1 aliphatic heterocycles. The van der Waals surface area contributed by atoms with Gasteiger partial charge in [0.05, 0.1) is 6.04 Å². The minimum Gasteiger partial charge on any atom is -0.543 e. The summed E-state index contributed by atoms with van der Waals surface area (Å²) in [7, 11) is -2.06. The van der Waals surface area contributed by atoms with Crippen LogP contribution in [0.2, 0.25) is 18.1 Å². The molecule has 1 fully saturated rings. The summed E-state index contributed by atoms with van der Waals surface area (Å²) in [5.41, 5.74) is 9.64. The van der Waals surface area contributed by atoms with E-state index in [-0.39, 0.29) is 17.4 Å². The monoisotopic (exact) mass is 506 g/mol. The molecule has 3 unspecified atom stereocenters. The number of nitrogens with zero attached hydrogens (tertiary/aromatic N) is 1. The molecule has 196 valence electrons. The van der Waals surface area contributed by atoms with Crippen molar-refractivity contribution >= 4 is 26.1 Å². The topological polar surface area (TPSA) is 134 Å². The van der Waals surface area contributed by atoms with Crippen molar-refractivity contribution in [2.75, 3.05) is 6.54 Å². The fourth-order valence-electron chi connectivity index (χ4n) is 3.50. The normalized spacial score (nSPS) is 18.7. The molecular formula is C25H42N4O5Si. The number of carbonyl (C=O) groups excluding carboxylic acids is 2. The number of nitrogens with two attached hydrogens (primary N) is 1. The van der Waals surface area contributed by atoms with Gasteiger partial charge in [-0.05, 0) is 54.6 Å². The van der Waals surface area contributed by atoms with Gasteiger partial charge in [0, 0.05) is 13.0 Å². The lowest BCUT2D eigenvalue weighted by Gasteiger charge is -2.36. The van der Waals surface area contributed by atoms with Gasteiger partial charge in [-0.1, -0.05) is 46.8 Å². The maximum atomic E-state index is 13.4. The van der Waals surface area contributed by atoms with Crippen molar-refractivity contribution in [3.63, 3.8) is 0 Å².